The van der Waals surface area contributed by atoms with Crippen LogP contribution in [0.15, 0.2) is 48.5 Å². The predicted molar refractivity (Wildman–Crippen MR) is 94.0 cm³/mol. The molecule has 140 valence electrons. The van der Waals surface area contributed by atoms with Crippen molar-refractivity contribution < 1.29 is 27.0 Å². The minimum atomic E-state index is -1.60. The van der Waals surface area contributed by atoms with Gasteiger partial charge in [0.1, 0.15) is 12.4 Å². The van der Waals surface area contributed by atoms with Crippen LogP contribution in [0, 0.1) is 23.3 Å². The van der Waals surface area contributed by atoms with Gasteiger partial charge < -0.3 is 9.47 Å². The van der Waals surface area contributed by atoms with Crippen LogP contribution in [0.2, 0.25) is 5.02 Å². The first-order valence-electron chi connectivity index (χ1n) is 7.80. The van der Waals surface area contributed by atoms with E-state index in [1.54, 1.807) is 24.3 Å². The summed E-state index contributed by atoms with van der Waals surface area (Å²) in [6.45, 7) is -0.286. The highest BCUT2D eigenvalue weighted by Gasteiger charge is 2.27. The van der Waals surface area contributed by atoms with Gasteiger partial charge in [0.05, 0.1) is 12.7 Å². The van der Waals surface area contributed by atoms with Crippen LogP contribution in [-0.4, -0.2) is 7.11 Å². The molecule has 3 aromatic rings. The van der Waals surface area contributed by atoms with E-state index in [-0.39, 0.29) is 12.2 Å². The molecule has 0 aromatic heterocycles. The highest BCUT2D eigenvalue weighted by Crippen LogP contribution is 2.36. The Hall–Kier alpha value is -2.73. The Morgan fingerprint density at radius 3 is 1.85 bits per heavy atom. The van der Waals surface area contributed by atoms with Crippen LogP contribution in [0.4, 0.5) is 17.6 Å². The molecule has 0 saturated heterocycles. The van der Waals surface area contributed by atoms with Crippen LogP contribution >= 0.6 is 11.6 Å². The van der Waals surface area contributed by atoms with Crippen LogP contribution in [0.25, 0.3) is 11.1 Å². The van der Waals surface area contributed by atoms with Gasteiger partial charge in [-0.2, -0.15) is 8.78 Å². The fourth-order valence-electron chi connectivity index (χ4n) is 2.49. The molecule has 0 unspecified atom stereocenters. The van der Waals surface area contributed by atoms with Crippen molar-refractivity contribution in [2.75, 3.05) is 7.11 Å². The molecule has 0 atom stereocenters. The van der Waals surface area contributed by atoms with Gasteiger partial charge in [-0.05, 0) is 35.4 Å². The molecule has 0 saturated carbocycles. The lowest BCUT2D eigenvalue weighted by molar-refractivity contribution is 0.262. The van der Waals surface area contributed by atoms with Crippen molar-refractivity contribution in [1.29, 1.82) is 0 Å². The molecule has 0 aliphatic rings. The number of rotatable bonds is 5. The van der Waals surface area contributed by atoms with Crippen molar-refractivity contribution in [3.05, 3.63) is 82.4 Å². The average molecular weight is 397 g/mol. The van der Waals surface area contributed by atoms with E-state index in [0.29, 0.717) is 16.3 Å². The van der Waals surface area contributed by atoms with Crippen LogP contribution in [0.1, 0.15) is 5.56 Å². The second-order valence-corrected chi connectivity index (χ2v) is 6.04. The standard InChI is InChI=1S/C20H13ClF4O2/c1-26-14-8-4-12(5-9-14)15-16(22)18(24)20(19(25)17(15)23)27-10-11-2-6-13(21)7-3-11/h2-9H,10H2,1H3. The zero-order valence-corrected chi connectivity index (χ0v) is 14.8. The molecule has 0 fully saturated rings. The van der Waals surface area contributed by atoms with Crippen molar-refractivity contribution >= 4 is 11.6 Å². The lowest BCUT2D eigenvalue weighted by Gasteiger charge is -2.13. The van der Waals surface area contributed by atoms with E-state index in [1.807, 2.05) is 0 Å². The quantitative estimate of drug-likeness (QED) is 0.380. The molecule has 0 aliphatic carbocycles. The van der Waals surface area contributed by atoms with E-state index >= 15 is 0 Å². The molecule has 7 heteroatoms. The summed E-state index contributed by atoms with van der Waals surface area (Å²) in [4.78, 5) is 0. The van der Waals surface area contributed by atoms with Gasteiger partial charge in [-0.1, -0.05) is 35.9 Å². The molecular weight excluding hydrogens is 384 g/mol. The van der Waals surface area contributed by atoms with E-state index in [1.165, 1.54) is 31.4 Å². The summed E-state index contributed by atoms with van der Waals surface area (Å²) in [6, 6.07) is 11.7. The van der Waals surface area contributed by atoms with E-state index in [0.717, 1.165) is 0 Å². The molecule has 0 heterocycles. The lowest BCUT2D eigenvalue weighted by atomic mass is 10.0. The van der Waals surface area contributed by atoms with Gasteiger partial charge in [-0.15, -0.1) is 0 Å². The first kappa shape index (κ1) is 19.0. The fourth-order valence-corrected chi connectivity index (χ4v) is 2.61. The molecule has 0 bridgehead atoms. The summed E-state index contributed by atoms with van der Waals surface area (Å²) in [7, 11) is 1.42. The summed E-state index contributed by atoms with van der Waals surface area (Å²) in [5.74, 6) is -6.96. The number of hydrogen-bond acceptors (Lipinski definition) is 2. The molecule has 0 radical (unpaired) electrons. The minimum absolute atomic E-state index is 0.0344. The van der Waals surface area contributed by atoms with Crippen LogP contribution < -0.4 is 9.47 Å². The Bertz CT molecular complexity index is 928. The smallest absolute Gasteiger partial charge is 0.204 e. The number of halogens is 5. The zero-order chi connectivity index (χ0) is 19.6. The van der Waals surface area contributed by atoms with Gasteiger partial charge in [0.25, 0.3) is 0 Å². The van der Waals surface area contributed by atoms with Gasteiger partial charge in [0, 0.05) is 5.02 Å². The van der Waals surface area contributed by atoms with Crippen molar-refractivity contribution in [1.82, 2.24) is 0 Å². The molecular formula is C20H13ClF4O2. The van der Waals surface area contributed by atoms with Crippen molar-refractivity contribution in [2.45, 2.75) is 6.61 Å². The third-order valence-corrected chi connectivity index (χ3v) is 4.15. The summed E-state index contributed by atoms with van der Waals surface area (Å²) >= 11 is 5.75. The normalized spacial score (nSPS) is 10.7. The maximum Gasteiger partial charge on any atom is 0.204 e. The summed E-state index contributed by atoms with van der Waals surface area (Å²) < 4.78 is 67.5. The summed E-state index contributed by atoms with van der Waals surface area (Å²) in [5.41, 5.74) is -0.322. The first-order chi connectivity index (χ1) is 12.9. The maximum absolute atomic E-state index is 14.4. The Kier molecular flexibility index (Phi) is 5.56. The fraction of sp³-hybridized carbons (Fsp3) is 0.100. The lowest BCUT2D eigenvalue weighted by Crippen LogP contribution is -2.06. The van der Waals surface area contributed by atoms with Crippen LogP contribution in [0.5, 0.6) is 11.5 Å². The van der Waals surface area contributed by atoms with E-state index < -0.39 is 34.6 Å². The van der Waals surface area contributed by atoms with Gasteiger partial charge in [0.15, 0.2) is 17.4 Å². The minimum Gasteiger partial charge on any atom is -0.497 e. The highest BCUT2D eigenvalue weighted by molar-refractivity contribution is 6.30. The average Bonchev–Trinajstić information content (AvgIpc) is 2.68. The molecule has 0 spiro atoms. The van der Waals surface area contributed by atoms with Gasteiger partial charge in [-0.25, -0.2) is 8.78 Å². The molecule has 0 N–H and O–H groups in total. The van der Waals surface area contributed by atoms with Crippen molar-refractivity contribution in [3.8, 4) is 22.6 Å². The summed E-state index contributed by atoms with van der Waals surface area (Å²) in [5, 5.41) is 0.469. The monoisotopic (exact) mass is 396 g/mol. The second-order valence-electron chi connectivity index (χ2n) is 5.60. The van der Waals surface area contributed by atoms with Crippen molar-refractivity contribution in [2.24, 2.45) is 0 Å². The van der Waals surface area contributed by atoms with E-state index in [9.17, 15) is 17.6 Å². The maximum atomic E-state index is 14.4. The molecule has 2 nitrogen and oxygen atoms in total. The Labute approximate surface area is 157 Å². The number of methoxy groups -OCH3 is 1. The molecule has 0 amide bonds. The zero-order valence-electron chi connectivity index (χ0n) is 14.0. The third kappa shape index (κ3) is 3.85. The van der Waals surface area contributed by atoms with Gasteiger partial charge in [-0.3, -0.25) is 0 Å². The molecule has 27 heavy (non-hydrogen) atoms. The van der Waals surface area contributed by atoms with E-state index in [2.05, 4.69) is 0 Å². The Morgan fingerprint density at radius 2 is 1.33 bits per heavy atom. The Morgan fingerprint density at radius 1 is 0.778 bits per heavy atom. The van der Waals surface area contributed by atoms with E-state index in [4.69, 9.17) is 21.1 Å². The molecule has 3 rings (SSSR count). The number of hydrogen-bond donors (Lipinski definition) is 0. The SMILES string of the molecule is COc1ccc(-c2c(F)c(F)c(OCc3ccc(Cl)cc3)c(F)c2F)cc1. The predicted octanol–water partition coefficient (Wildman–Crippen LogP) is 6.15. The van der Waals surface area contributed by atoms with Gasteiger partial charge in [0.2, 0.25) is 11.6 Å². The number of ether oxygens (including phenoxy) is 2. The topological polar surface area (TPSA) is 18.5 Å². The molecule has 3 aromatic carbocycles. The molecule has 0 aliphatic heterocycles. The van der Waals surface area contributed by atoms with Gasteiger partial charge >= 0.3 is 0 Å². The first-order valence-corrected chi connectivity index (χ1v) is 8.17. The summed E-state index contributed by atoms with van der Waals surface area (Å²) in [6.07, 6.45) is 0. The van der Waals surface area contributed by atoms with Crippen molar-refractivity contribution in [3.63, 3.8) is 0 Å². The Balaban J connectivity index is 1.96. The largest absolute Gasteiger partial charge is 0.497 e. The van der Waals surface area contributed by atoms with Crippen LogP contribution in [-0.2, 0) is 6.61 Å². The second kappa shape index (κ2) is 7.88. The highest BCUT2D eigenvalue weighted by atomic mass is 35.5. The van der Waals surface area contributed by atoms with Crippen LogP contribution in [0.3, 0.4) is 0 Å². The number of benzene rings is 3. The third-order valence-electron chi connectivity index (χ3n) is 3.90.